The summed E-state index contributed by atoms with van der Waals surface area (Å²) in [6.07, 6.45) is 3.43. The molecule has 1 aromatic heterocycles. The van der Waals surface area contributed by atoms with Gasteiger partial charge in [-0.25, -0.2) is 4.98 Å². The Bertz CT molecular complexity index is 330. The minimum absolute atomic E-state index is 0.112. The first kappa shape index (κ1) is 14.7. The molecule has 6 heteroatoms. The van der Waals surface area contributed by atoms with E-state index in [0.717, 1.165) is 12.8 Å². The average molecular weight is 254 g/mol. The van der Waals surface area contributed by atoms with Gasteiger partial charge in [-0.3, -0.25) is 0 Å². The summed E-state index contributed by atoms with van der Waals surface area (Å²) in [6, 6.07) is 1.86. The number of nitrogens with zero attached hydrogens (tertiary/aromatic N) is 2. The molecule has 0 saturated heterocycles. The molecule has 0 aliphatic rings. The summed E-state index contributed by atoms with van der Waals surface area (Å²) in [5.41, 5.74) is 5.55. The van der Waals surface area contributed by atoms with Crippen LogP contribution in [0.3, 0.4) is 0 Å². The number of hydrogen-bond donors (Lipinski definition) is 2. The van der Waals surface area contributed by atoms with Crippen LogP contribution < -0.4 is 15.8 Å². The minimum Gasteiger partial charge on any atom is -0.478 e. The molecule has 102 valence electrons. The average Bonchev–Trinajstić information content (AvgIpc) is 2.37. The largest absolute Gasteiger partial charge is 0.478 e. The molecule has 1 atom stereocenters. The molecule has 0 saturated carbocycles. The molecule has 0 spiro atoms. The van der Waals surface area contributed by atoms with Gasteiger partial charge in [0.05, 0.1) is 19.3 Å². The predicted molar refractivity (Wildman–Crippen MR) is 70.8 cm³/mol. The fraction of sp³-hybridized carbons (Fsp3) is 0.667. The number of hydrogen-bond acceptors (Lipinski definition) is 6. The lowest BCUT2D eigenvalue weighted by Crippen LogP contribution is -2.28. The first-order chi connectivity index (χ1) is 8.80. The molecule has 1 heterocycles. The predicted octanol–water partition coefficient (Wildman–Crippen LogP) is 1.04. The third-order valence-corrected chi connectivity index (χ3v) is 2.30. The summed E-state index contributed by atoms with van der Waals surface area (Å²) in [4.78, 5) is 8.43. The Labute approximate surface area is 108 Å². The van der Waals surface area contributed by atoms with E-state index in [9.17, 15) is 0 Å². The van der Waals surface area contributed by atoms with Crippen molar-refractivity contribution in [2.24, 2.45) is 5.73 Å². The number of methoxy groups -OCH3 is 1. The Morgan fingerprint density at radius 2 is 2.33 bits per heavy atom. The Hall–Kier alpha value is -1.40. The van der Waals surface area contributed by atoms with Crippen molar-refractivity contribution in [3.8, 4) is 5.88 Å². The summed E-state index contributed by atoms with van der Waals surface area (Å²) in [5, 5.41) is 3.19. The number of nitrogens with two attached hydrogens (primary N) is 1. The second-order valence-electron chi connectivity index (χ2n) is 3.94. The second-order valence-corrected chi connectivity index (χ2v) is 3.94. The summed E-state index contributed by atoms with van der Waals surface area (Å²) in [6.45, 7) is 3.87. The van der Waals surface area contributed by atoms with Gasteiger partial charge in [0.25, 0.3) is 0 Å². The monoisotopic (exact) mass is 254 g/mol. The molecule has 1 unspecified atom stereocenters. The van der Waals surface area contributed by atoms with Crippen LogP contribution in [0.2, 0.25) is 0 Å². The zero-order chi connectivity index (χ0) is 13.2. The number of ether oxygens (including phenoxy) is 2. The molecule has 0 aliphatic carbocycles. The molecule has 0 fully saturated rings. The van der Waals surface area contributed by atoms with Crippen LogP contribution >= 0.6 is 0 Å². The number of anilines is 1. The highest BCUT2D eigenvalue weighted by Gasteiger charge is 2.09. The molecule has 0 radical (unpaired) electrons. The van der Waals surface area contributed by atoms with Crippen molar-refractivity contribution in [1.82, 2.24) is 9.97 Å². The fourth-order valence-electron chi connectivity index (χ4n) is 1.48. The molecule has 1 rings (SSSR count). The van der Waals surface area contributed by atoms with Gasteiger partial charge in [0.1, 0.15) is 0 Å². The molecular weight excluding hydrogens is 232 g/mol. The van der Waals surface area contributed by atoms with E-state index in [2.05, 4.69) is 22.2 Å². The van der Waals surface area contributed by atoms with Crippen molar-refractivity contribution in [3.63, 3.8) is 0 Å². The lowest BCUT2D eigenvalue weighted by atomic mass is 10.2. The van der Waals surface area contributed by atoms with Crippen LogP contribution in [0.15, 0.2) is 12.3 Å². The van der Waals surface area contributed by atoms with Crippen molar-refractivity contribution in [1.29, 1.82) is 0 Å². The van der Waals surface area contributed by atoms with Crippen molar-refractivity contribution < 1.29 is 9.47 Å². The molecule has 0 bridgehead atoms. The maximum absolute atomic E-state index is 5.55. The normalized spacial score (nSPS) is 12.2. The summed E-state index contributed by atoms with van der Waals surface area (Å²) < 4.78 is 10.6. The molecule has 18 heavy (non-hydrogen) atoms. The van der Waals surface area contributed by atoms with Crippen molar-refractivity contribution in [2.75, 3.05) is 32.2 Å². The van der Waals surface area contributed by atoms with Gasteiger partial charge >= 0.3 is 0 Å². The summed E-state index contributed by atoms with van der Waals surface area (Å²) in [5.74, 6) is 1.12. The van der Waals surface area contributed by atoms with E-state index in [4.69, 9.17) is 15.2 Å². The van der Waals surface area contributed by atoms with Crippen LogP contribution in [-0.2, 0) is 4.74 Å². The highest BCUT2D eigenvalue weighted by atomic mass is 16.5. The van der Waals surface area contributed by atoms with Gasteiger partial charge in [-0.1, -0.05) is 6.92 Å². The van der Waals surface area contributed by atoms with E-state index in [1.807, 2.05) is 0 Å². The number of rotatable bonds is 9. The van der Waals surface area contributed by atoms with Crippen LogP contribution in [0.25, 0.3) is 0 Å². The van der Waals surface area contributed by atoms with Gasteiger partial charge in [0.15, 0.2) is 0 Å². The molecule has 1 aromatic rings. The molecule has 0 aliphatic heterocycles. The molecule has 0 aromatic carbocycles. The van der Waals surface area contributed by atoms with Crippen LogP contribution in [0.5, 0.6) is 5.88 Å². The summed E-state index contributed by atoms with van der Waals surface area (Å²) >= 11 is 0. The van der Waals surface area contributed by atoms with Gasteiger partial charge in [-0.2, -0.15) is 4.98 Å². The molecular formula is C12H22N4O2. The molecule has 3 N–H and O–H groups in total. The van der Waals surface area contributed by atoms with Gasteiger partial charge in [-0.05, 0) is 19.4 Å². The highest BCUT2D eigenvalue weighted by molar-refractivity contribution is 5.28. The van der Waals surface area contributed by atoms with Crippen LogP contribution in [-0.4, -0.2) is 42.9 Å². The SMILES string of the molecule is CCCOc1ccnc(NC(CCN)COC)n1. The van der Waals surface area contributed by atoms with Crippen molar-refractivity contribution in [3.05, 3.63) is 12.3 Å². The van der Waals surface area contributed by atoms with E-state index < -0.39 is 0 Å². The van der Waals surface area contributed by atoms with Crippen LogP contribution in [0.1, 0.15) is 19.8 Å². The molecule has 0 amide bonds. The van der Waals surface area contributed by atoms with Gasteiger partial charge in [0.2, 0.25) is 11.8 Å². The van der Waals surface area contributed by atoms with E-state index in [0.29, 0.717) is 31.6 Å². The number of aromatic nitrogens is 2. The standard InChI is InChI=1S/C12H22N4O2/c1-3-8-18-11-5-7-14-12(16-11)15-10(4-6-13)9-17-2/h5,7,10H,3-4,6,8-9,13H2,1-2H3,(H,14,15,16). The van der Waals surface area contributed by atoms with E-state index in [-0.39, 0.29) is 6.04 Å². The zero-order valence-electron chi connectivity index (χ0n) is 11.1. The van der Waals surface area contributed by atoms with Crippen LogP contribution in [0, 0.1) is 0 Å². The first-order valence-corrected chi connectivity index (χ1v) is 6.21. The van der Waals surface area contributed by atoms with E-state index in [1.165, 1.54) is 0 Å². The Kier molecular flexibility index (Phi) is 7.05. The zero-order valence-corrected chi connectivity index (χ0v) is 11.1. The second kappa shape index (κ2) is 8.66. The van der Waals surface area contributed by atoms with Gasteiger partial charge in [0, 0.05) is 19.4 Å². The number of nitrogens with one attached hydrogen (secondary N) is 1. The minimum atomic E-state index is 0.112. The quantitative estimate of drug-likeness (QED) is 0.685. The Morgan fingerprint density at radius 3 is 3.00 bits per heavy atom. The Balaban J connectivity index is 2.58. The summed E-state index contributed by atoms with van der Waals surface area (Å²) in [7, 11) is 1.66. The topological polar surface area (TPSA) is 82.3 Å². The third-order valence-electron chi connectivity index (χ3n) is 2.30. The Morgan fingerprint density at radius 1 is 1.50 bits per heavy atom. The molecule has 6 nitrogen and oxygen atoms in total. The van der Waals surface area contributed by atoms with Crippen molar-refractivity contribution >= 4 is 5.95 Å². The first-order valence-electron chi connectivity index (χ1n) is 6.21. The van der Waals surface area contributed by atoms with Crippen LogP contribution in [0.4, 0.5) is 5.95 Å². The van der Waals surface area contributed by atoms with E-state index in [1.54, 1.807) is 19.4 Å². The van der Waals surface area contributed by atoms with Gasteiger partial charge < -0.3 is 20.5 Å². The lowest BCUT2D eigenvalue weighted by molar-refractivity contribution is 0.183. The lowest BCUT2D eigenvalue weighted by Gasteiger charge is -2.17. The third kappa shape index (κ3) is 5.29. The maximum Gasteiger partial charge on any atom is 0.226 e. The maximum atomic E-state index is 5.55. The van der Waals surface area contributed by atoms with E-state index >= 15 is 0 Å². The van der Waals surface area contributed by atoms with Crippen molar-refractivity contribution in [2.45, 2.75) is 25.8 Å². The highest BCUT2D eigenvalue weighted by Crippen LogP contribution is 2.10. The smallest absolute Gasteiger partial charge is 0.226 e. The fourth-order valence-corrected chi connectivity index (χ4v) is 1.48. The van der Waals surface area contributed by atoms with Gasteiger partial charge in [-0.15, -0.1) is 0 Å².